The van der Waals surface area contributed by atoms with Crippen LogP contribution >= 0.6 is 0 Å². The summed E-state index contributed by atoms with van der Waals surface area (Å²) >= 11 is 0. The summed E-state index contributed by atoms with van der Waals surface area (Å²) < 4.78 is 28.6. The summed E-state index contributed by atoms with van der Waals surface area (Å²) in [5.41, 5.74) is 0. The molecule has 2 rings (SSSR count). The van der Waals surface area contributed by atoms with Gasteiger partial charge in [-0.1, -0.05) is 6.42 Å². The van der Waals surface area contributed by atoms with E-state index in [1.165, 1.54) is 23.6 Å². The summed E-state index contributed by atoms with van der Waals surface area (Å²) in [7, 11) is 0.345. The minimum Gasteiger partial charge on any atom is -0.320 e. The SMILES string of the molecule is CNCCCN(C)S(=O)(=O)N1CCCC2CCCC21. The molecule has 0 radical (unpaired) electrons. The van der Waals surface area contributed by atoms with Gasteiger partial charge in [-0.25, -0.2) is 0 Å². The quantitative estimate of drug-likeness (QED) is 0.743. The summed E-state index contributed by atoms with van der Waals surface area (Å²) in [5, 5.41) is 3.06. The van der Waals surface area contributed by atoms with E-state index in [0.717, 1.165) is 25.8 Å². The Bertz CT molecular complexity index is 385. The molecule has 0 spiro atoms. The fourth-order valence-electron chi connectivity index (χ4n) is 3.47. The highest BCUT2D eigenvalue weighted by Crippen LogP contribution is 2.38. The van der Waals surface area contributed by atoms with E-state index in [4.69, 9.17) is 0 Å². The molecule has 2 fully saturated rings. The van der Waals surface area contributed by atoms with E-state index in [-0.39, 0.29) is 6.04 Å². The predicted octanol–water partition coefficient (Wildman–Crippen LogP) is 1.04. The van der Waals surface area contributed by atoms with E-state index < -0.39 is 10.2 Å². The second-order valence-electron chi connectivity index (χ2n) is 5.80. The predicted molar refractivity (Wildman–Crippen MR) is 77.2 cm³/mol. The van der Waals surface area contributed by atoms with Gasteiger partial charge in [0.2, 0.25) is 0 Å². The molecule has 1 aliphatic carbocycles. The van der Waals surface area contributed by atoms with Crippen molar-refractivity contribution >= 4 is 10.2 Å². The zero-order chi connectivity index (χ0) is 13.9. The van der Waals surface area contributed by atoms with Crippen LogP contribution in [-0.2, 0) is 10.2 Å². The van der Waals surface area contributed by atoms with Crippen LogP contribution in [0.2, 0.25) is 0 Å². The van der Waals surface area contributed by atoms with Gasteiger partial charge in [-0.05, 0) is 51.6 Å². The molecular formula is C13H27N3O2S. The van der Waals surface area contributed by atoms with E-state index in [2.05, 4.69) is 5.32 Å². The lowest BCUT2D eigenvalue weighted by molar-refractivity contribution is 0.191. The third-order valence-electron chi connectivity index (χ3n) is 4.53. The van der Waals surface area contributed by atoms with E-state index >= 15 is 0 Å². The van der Waals surface area contributed by atoms with Gasteiger partial charge in [-0.3, -0.25) is 0 Å². The van der Waals surface area contributed by atoms with Crippen molar-refractivity contribution in [3.05, 3.63) is 0 Å². The molecule has 1 N–H and O–H groups in total. The van der Waals surface area contributed by atoms with Gasteiger partial charge >= 0.3 is 0 Å². The fourth-order valence-corrected chi connectivity index (χ4v) is 5.17. The molecule has 6 heteroatoms. The normalized spacial score (nSPS) is 28.8. The monoisotopic (exact) mass is 289 g/mol. The van der Waals surface area contributed by atoms with Gasteiger partial charge in [0.1, 0.15) is 0 Å². The fraction of sp³-hybridized carbons (Fsp3) is 1.00. The molecule has 19 heavy (non-hydrogen) atoms. The number of hydrogen-bond acceptors (Lipinski definition) is 3. The molecular weight excluding hydrogens is 262 g/mol. The summed E-state index contributed by atoms with van der Waals surface area (Å²) in [6, 6.07) is 0.269. The van der Waals surface area contributed by atoms with Crippen molar-refractivity contribution in [1.82, 2.24) is 13.9 Å². The van der Waals surface area contributed by atoms with Crippen LogP contribution in [0.25, 0.3) is 0 Å². The highest BCUT2D eigenvalue weighted by molar-refractivity contribution is 7.86. The zero-order valence-corrected chi connectivity index (χ0v) is 13.0. The number of nitrogens with one attached hydrogen (secondary N) is 1. The maximum absolute atomic E-state index is 12.7. The van der Waals surface area contributed by atoms with Crippen molar-refractivity contribution in [2.45, 2.75) is 44.6 Å². The topological polar surface area (TPSA) is 52.7 Å². The smallest absolute Gasteiger partial charge is 0.281 e. The Morgan fingerprint density at radius 1 is 1.26 bits per heavy atom. The van der Waals surface area contributed by atoms with Crippen molar-refractivity contribution < 1.29 is 8.42 Å². The average Bonchev–Trinajstić information content (AvgIpc) is 2.86. The van der Waals surface area contributed by atoms with Crippen molar-refractivity contribution in [3.63, 3.8) is 0 Å². The molecule has 1 saturated carbocycles. The molecule has 0 aromatic heterocycles. The first kappa shape index (κ1) is 15.2. The molecule has 2 unspecified atom stereocenters. The van der Waals surface area contributed by atoms with Gasteiger partial charge in [0, 0.05) is 26.2 Å². The maximum Gasteiger partial charge on any atom is 0.281 e. The average molecular weight is 289 g/mol. The van der Waals surface area contributed by atoms with Crippen molar-refractivity contribution in [2.24, 2.45) is 5.92 Å². The lowest BCUT2D eigenvalue weighted by Gasteiger charge is -2.38. The minimum absolute atomic E-state index is 0.269. The molecule has 0 bridgehead atoms. The van der Waals surface area contributed by atoms with Crippen LogP contribution in [0.15, 0.2) is 0 Å². The molecule has 0 amide bonds. The van der Waals surface area contributed by atoms with E-state index in [1.54, 1.807) is 11.4 Å². The number of fused-ring (bicyclic) bond motifs is 1. The van der Waals surface area contributed by atoms with Gasteiger partial charge in [0.25, 0.3) is 10.2 Å². The number of hydrogen-bond donors (Lipinski definition) is 1. The summed E-state index contributed by atoms with van der Waals surface area (Å²) in [5.74, 6) is 0.606. The van der Waals surface area contributed by atoms with Gasteiger partial charge < -0.3 is 5.32 Å². The Kier molecular flexibility index (Phi) is 5.22. The molecule has 2 aliphatic rings. The molecule has 0 aromatic carbocycles. The van der Waals surface area contributed by atoms with Crippen LogP contribution in [0.3, 0.4) is 0 Å². The Balaban J connectivity index is 2.01. The number of rotatable bonds is 6. The first-order chi connectivity index (χ1) is 9.07. The highest BCUT2D eigenvalue weighted by Gasteiger charge is 2.41. The zero-order valence-electron chi connectivity index (χ0n) is 12.1. The van der Waals surface area contributed by atoms with Gasteiger partial charge in [0.05, 0.1) is 0 Å². The molecule has 1 aliphatic heterocycles. The van der Waals surface area contributed by atoms with Crippen LogP contribution in [0.5, 0.6) is 0 Å². The van der Waals surface area contributed by atoms with Crippen LogP contribution in [-0.4, -0.2) is 56.8 Å². The summed E-state index contributed by atoms with van der Waals surface area (Å²) in [4.78, 5) is 0. The van der Waals surface area contributed by atoms with Gasteiger partial charge in [0.15, 0.2) is 0 Å². The molecule has 112 valence electrons. The number of nitrogens with zero attached hydrogens (tertiary/aromatic N) is 2. The first-order valence-electron chi connectivity index (χ1n) is 7.45. The van der Waals surface area contributed by atoms with Crippen LogP contribution in [0, 0.1) is 5.92 Å². The van der Waals surface area contributed by atoms with Crippen molar-refractivity contribution in [3.8, 4) is 0 Å². The molecule has 1 saturated heterocycles. The Hall–Kier alpha value is -0.170. The lowest BCUT2D eigenvalue weighted by atomic mass is 9.94. The highest BCUT2D eigenvalue weighted by atomic mass is 32.2. The van der Waals surface area contributed by atoms with Crippen molar-refractivity contribution in [2.75, 3.05) is 33.7 Å². The molecule has 0 aromatic rings. The Morgan fingerprint density at radius 3 is 2.74 bits per heavy atom. The molecule has 1 heterocycles. The Labute approximate surface area is 117 Å². The lowest BCUT2D eigenvalue weighted by Crippen LogP contribution is -2.51. The van der Waals surface area contributed by atoms with E-state index in [1.807, 2.05) is 7.05 Å². The number of piperidine rings is 1. The third-order valence-corrected chi connectivity index (χ3v) is 6.55. The second-order valence-corrected chi connectivity index (χ2v) is 7.79. The molecule has 2 atom stereocenters. The van der Waals surface area contributed by atoms with E-state index in [9.17, 15) is 8.42 Å². The van der Waals surface area contributed by atoms with E-state index in [0.29, 0.717) is 19.0 Å². The van der Waals surface area contributed by atoms with Crippen molar-refractivity contribution in [1.29, 1.82) is 0 Å². The van der Waals surface area contributed by atoms with Crippen LogP contribution in [0.4, 0.5) is 0 Å². The summed E-state index contributed by atoms with van der Waals surface area (Å²) in [6.45, 7) is 2.16. The molecule has 5 nitrogen and oxygen atoms in total. The van der Waals surface area contributed by atoms with Gasteiger partial charge in [-0.2, -0.15) is 17.0 Å². The van der Waals surface area contributed by atoms with Gasteiger partial charge in [-0.15, -0.1) is 0 Å². The maximum atomic E-state index is 12.7. The first-order valence-corrected chi connectivity index (χ1v) is 8.84. The minimum atomic E-state index is -3.26. The standard InChI is InChI=1S/C13H27N3O2S/c1-14-9-5-10-15(2)19(17,18)16-11-4-7-12-6-3-8-13(12)16/h12-14H,3-11H2,1-2H3. The largest absolute Gasteiger partial charge is 0.320 e. The van der Waals surface area contributed by atoms with Crippen LogP contribution < -0.4 is 5.32 Å². The summed E-state index contributed by atoms with van der Waals surface area (Å²) in [6.07, 6.45) is 6.53. The second kappa shape index (κ2) is 6.52. The van der Waals surface area contributed by atoms with Crippen LogP contribution in [0.1, 0.15) is 38.5 Å². The Morgan fingerprint density at radius 2 is 2.00 bits per heavy atom. The third kappa shape index (κ3) is 3.29.